The fourth-order valence-corrected chi connectivity index (χ4v) is 4.78. The van der Waals surface area contributed by atoms with Crippen molar-refractivity contribution in [3.8, 4) is 0 Å². The molecule has 0 bridgehead atoms. The molecule has 0 aromatic heterocycles. The quantitative estimate of drug-likeness (QED) is 0.730. The molecule has 1 saturated carbocycles. The second-order valence-corrected chi connectivity index (χ2v) is 9.16. The summed E-state index contributed by atoms with van der Waals surface area (Å²) in [6.07, 6.45) is 4.31. The Bertz CT molecular complexity index is 610. The molecular weight excluding hydrogens is 344 g/mol. The second-order valence-electron chi connectivity index (χ2n) is 9.16. The number of nitrogens with one attached hydrogen (secondary N) is 2. The lowest BCUT2D eigenvalue weighted by atomic mass is 9.65. The van der Waals surface area contributed by atoms with Crippen molar-refractivity contribution in [1.82, 2.24) is 20.4 Å². The van der Waals surface area contributed by atoms with E-state index in [4.69, 9.17) is 0 Å². The number of piperazine rings is 1. The van der Waals surface area contributed by atoms with Crippen LogP contribution in [0.3, 0.4) is 0 Å². The third-order valence-corrected chi connectivity index (χ3v) is 7.22. The van der Waals surface area contributed by atoms with Crippen LogP contribution < -0.4 is 10.6 Å². The van der Waals surface area contributed by atoms with E-state index in [0.29, 0.717) is 25.3 Å². The van der Waals surface area contributed by atoms with Gasteiger partial charge in [0.25, 0.3) is 5.91 Å². The predicted octanol–water partition coefficient (Wildman–Crippen LogP) is 1.72. The first-order valence-corrected chi connectivity index (χ1v) is 10.3. The Balaban J connectivity index is 1.64. The molecule has 0 radical (unpaired) electrons. The van der Waals surface area contributed by atoms with E-state index >= 15 is 0 Å². The Hall–Kier alpha value is -1.63. The van der Waals surface area contributed by atoms with Crippen molar-refractivity contribution >= 4 is 17.8 Å². The molecule has 2 heterocycles. The lowest BCUT2D eigenvalue weighted by Gasteiger charge is -2.42. The average Bonchev–Trinajstić information content (AvgIpc) is 2.86. The Labute approximate surface area is 162 Å². The third kappa shape index (κ3) is 3.71. The number of nitrogens with zero attached hydrogens (tertiary/aromatic N) is 2. The smallest absolute Gasteiger partial charge is 0.325 e. The normalized spacial score (nSPS) is 32.1. The Morgan fingerprint density at radius 2 is 1.93 bits per heavy atom. The summed E-state index contributed by atoms with van der Waals surface area (Å²) < 4.78 is 0. The molecular formula is C20H34N4O3. The van der Waals surface area contributed by atoms with E-state index in [1.54, 1.807) is 4.90 Å². The summed E-state index contributed by atoms with van der Waals surface area (Å²) in [6.45, 7) is 10.7. The van der Waals surface area contributed by atoms with E-state index < -0.39 is 11.6 Å². The third-order valence-electron chi connectivity index (χ3n) is 7.22. The van der Waals surface area contributed by atoms with E-state index in [0.717, 1.165) is 37.3 Å². The van der Waals surface area contributed by atoms with Crippen LogP contribution in [-0.2, 0) is 9.59 Å². The van der Waals surface area contributed by atoms with Gasteiger partial charge in [0.15, 0.2) is 0 Å². The topological polar surface area (TPSA) is 81.8 Å². The van der Waals surface area contributed by atoms with Crippen molar-refractivity contribution in [1.29, 1.82) is 0 Å². The summed E-state index contributed by atoms with van der Waals surface area (Å²) >= 11 is 0. The number of imide groups is 1. The second kappa shape index (κ2) is 7.41. The molecule has 4 amide bonds. The first-order valence-electron chi connectivity index (χ1n) is 10.3. The van der Waals surface area contributed by atoms with Gasteiger partial charge in [-0.1, -0.05) is 27.2 Å². The Morgan fingerprint density at radius 1 is 1.26 bits per heavy atom. The standard InChI is InChI=1S/C20H34N4O3/c1-5-19(3,4)15-6-8-20(9-7-15)17(26)24(18(27)22-20)13-16(25)23-11-10-21-12-14(23)2/h14-15,21H,5-13H2,1-4H3,(H,22,27)/t14-,15?,20?/m1/s1. The number of hydrogen-bond acceptors (Lipinski definition) is 4. The van der Waals surface area contributed by atoms with E-state index in [1.165, 1.54) is 0 Å². The van der Waals surface area contributed by atoms with Gasteiger partial charge in [0.05, 0.1) is 0 Å². The number of urea groups is 1. The van der Waals surface area contributed by atoms with Crippen LogP contribution >= 0.6 is 0 Å². The molecule has 0 unspecified atom stereocenters. The molecule has 0 aromatic carbocycles. The van der Waals surface area contributed by atoms with Crippen LogP contribution in [0.4, 0.5) is 4.79 Å². The highest BCUT2D eigenvalue weighted by atomic mass is 16.2. The zero-order chi connectivity index (χ0) is 19.8. The number of amides is 4. The van der Waals surface area contributed by atoms with Crippen LogP contribution in [-0.4, -0.2) is 65.4 Å². The van der Waals surface area contributed by atoms with Gasteiger partial charge < -0.3 is 15.5 Å². The molecule has 2 saturated heterocycles. The van der Waals surface area contributed by atoms with Crippen molar-refractivity contribution in [3.05, 3.63) is 0 Å². The van der Waals surface area contributed by atoms with Crippen molar-refractivity contribution in [2.45, 2.75) is 71.4 Å². The molecule has 152 valence electrons. The average molecular weight is 379 g/mol. The van der Waals surface area contributed by atoms with Gasteiger partial charge in [0.1, 0.15) is 12.1 Å². The summed E-state index contributed by atoms with van der Waals surface area (Å²) in [5, 5.41) is 6.18. The van der Waals surface area contributed by atoms with Gasteiger partial charge in [0.2, 0.25) is 5.91 Å². The number of rotatable bonds is 4. The maximum Gasteiger partial charge on any atom is 0.325 e. The van der Waals surface area contributed by atoms with Crippen LogP contribution in [0.25, 0.3) is 0 Å². The molecule has 2 aliphatic heterocycles. The van der Waals surface area contributed by atoms with Gasteiger partial charge in [-0.25, -0.2) is 4.79 Å². The Kier molecular flexibility index (Phi) is 5.52. The Morgan fingerprint density at radius 3 is 2.52 bits per heavy atom. The highest BCUT2D eigenvalue weighted by Gasteiger charge is 2.54. The summed E-state index contributed by atoms with van der Waals surface area (Å²) in [4.78, 5) is 41.2. The van der Waals surface area contributed by atoms with Crippen molar-refractivity contribution in [3.63, 3.8) is 0 Å². The predicted molar refractivity (Wildman–Crippen MR) is 103 cm³/mol. The molecule has 3 fully saturated rings. The first-order chi connectivity index (χ1) is 12.7. The van der Waals surface area contributed by atoms with Crippen LogP contribution in [0.1, 0.15) is 59.8 Å². The van der Waals surface area contributed by atoms with E-state index in [2.05, 4.69) is 31.4 Å². The van der Waals surface area contributed by atoms with Crippen molar-refractivity contribution < 1.29 is 14.4 Å². The molecule has 27 heavy (non-hydrogen) atoms. The number of carbonyl (C=O) groups excluding carboxylic acids is 3. The number of carbonyl (C=O) groups is 3. The molecule has 7 heteroatoms. The summed E-state index contributed by atoms with van der Waals surface area (Å²) in [7, 11) is 0. The zero-order valence-electron chi connectivity index (χ0n) is 17.1. The van der Waals surface area contributed by atoms with Gasteiger partial charge >= 0.3 is 6.03 Å². The largest absolute Gasteiger partial charge is 0.336 e. The van der Waals surface area contributed by atoms with Gasteiger partial charge in [-0.3, -0.25) is 14.5 Å². The van der Waals surface area contributed by atoms with Crippen LogP contribution in [0.2, 0.25) is 0 Å². The maximum absolute atomic E-state index is 13.1. The first kappa shape index (κ1) is 20.1. The highest BCUT2D eigenvalue weighted by Crippen LogP contribution is 2.45. The molecule has 1 spiro atoms. The SMILES string of the molecule is CCC(C)(C)C1CCC2(CC1)NC(=O)N(CC(=O)N1CCNC[C@H]1C)C2=O. The lowest BCUT2D eigenvalue weighted by molar-refractivity contribution is -0.141. The van der Waals surface area contributed by atoms with Crippen LogP contribution in [0.15, 0.2) is 0 Å². The fourth-order valence-electron chi connectivity index (χ4n) is 4.78. The summed E-state index contributed by atoms with van der Waals surface area (Å²) in [5.74, 6) is 0.206. The maximum atomic E-state index is 13.1. The molecule has 1 aliphatic carbocycles. The minimum atomic E-state index is -0.799. The molecule has 1 atom stereocenters. The fraction of sp³-hybridized carbons (Fsp3) is 0.850. The monoisotopic (exact) mass is 378 g/mol. The summed E-state index contributed by atoms with van der Waals surface area (Å²) in [6, 6.07) is -0.336. The minimum Gasteiger partial charge on any atom is -0.336 e. The van der Waals surface area contributed by atoms with Crippen molar-refractivity contribution in [2.75, 3.05) is 26.2 Å². The molecule has 2 N–H and O–H groups in total. The van der Waals surface area contributed by atoms with Gasteiger partial charge in [-0.2, -0.15) is 0 Å². The van der Waals surface area contributed by atoms with E-state index in [9.17, 15) is 14.4 Å². The minimum absolute atomic E-state index is 0.0766. The van der Waals surface area contributed by atoms with Gasteiger partial charge in [-0.15, -0.1) is 0 Å². The highest BCUT2D eigenvalue weighted by molar-refractivity contribution is 6.09. The molecule has 3 rings (SSSR count). The lowest BCUT2D eigenvalue weighted by Crippen LogP contribution is -2.55. The molecule has 0 aromatic rings. The van der Waals surface area contributed by atoms with Gasteiger partial charge in [0, 0.05) is 25.7 Å². The zero-order valence-corrected chi connectivity index (χ0v) is 17.1. The number of hydrogen-bond donors (Lipinski definition) is 2. The van der Waals surface area contributed by atoms with E-state index in [1.807, 2.05) is 6.92 Å². The molecule has 3 aliphatic rings. The van der Waals surface area contributed by atoms with E-state index in [-0.39, 0.29) is 29.8 Å². The van der Waals surface area contributed by atoms with Crippen LogP contribution in [0.5, 0.6) is 0 Å². The van der Waals surface area contributed by atoms with Crippen molar-refractivity contribution in [2.24, 2.45) is 11.3 Å². The molecule has 7 nitrogen and oxygen atoms in total. The van der Waals surface area contributed by atoms with Gasteiger partial charge in [-0.05, 0) is 43.9 Å². The summed E-state index contributed by atoms with van der Waals surface area (Å²) in [5.41, 5.74) is -0.548. The van der Waals surface area contributed by atoms with Crippen LogP contribution in [0, 0.1) is 11.3 Å².